The molecule has 1 aliphatic rings. The van der Waals surface area contributed by atoms with Crippen molar-refractivity contribution < 1.29 is 14.6 Å². The average molecular weight is 581 g/mol. The number of halogens is 3. The van der Waals surface area contributed by atoms with E-state index < -0.39 is 12.1 Å². The Morgan fingerprint density at radius 2 is 2.12 bits per heavy atom. The second-order valence-corrected chi connectivity index (χ2v) is 15.4. The van der Waals surface area contributed by atoms with E-state index in [0.29, 0.717) is 12.4 Å². The van der Waals surface area contributed by atoms with Gasteiger partial charge in [-0.2, -0.15) is 0 Å². The van der Waals surface area contributed by atoms with E-state index in [1.165, 1.54) is 20.0 Å². The summed E-state index contributed by atoms with van der Waals surface area (Å²) in [6.45, 7) is 2.89. The van der Waals surface area contributed by atoms with Crippen molar-refractivity contribution in [2.75, 3.05) is 13.7 Å². The minimum Gasteiger partial charge on any atom is -0.468 e. The zero-order valence-electron chi connectivity index (χ0n) is 9.88. The van der Waals surface area contributed by atoms with Gasteiger partial charge in [-0.15, -0.1) is 0 Å². The standard InChI is InChI=1S/C6H11NO3.C4H7I3/c1-10-6(9)5-4(8)2-3-7-5;1-2-3-4(5,6)7/h4-5,7-8H,2-3H2,1H3;2-3H2,1H3/t4-,5-;/m0./s1. The van der Waals surface area contributed by atoms with Crippen molar-refractivity contribution in [3.63, 3.8) is 0 Å². The number of ether oxygens (including phenoxy) is 1. The van der Waals surface area contributed by atoms with E-state index in [0.717, 1.165) is 0 Å². The van der Waals surface area contributed by atoms with E-state index in [4.69, 9.17) is 5.11 Å². The van der Waals surface area contributed by atoms with Gasteiger partial charge in [0.15, 0.2) is 0 Å². The van der Waals surface area contributed by atoms with Crippen molar-refractivity contribution in [1.29, 1.82) is 0 Å². The predicted octanol–water partition coefficient (Wildman–Crippen LogP) is 2.63. The van der Waals surface area contributed by atoms with Crippen LogP contribution in [0.3, 0.4) is 0 Å². The van der Waals surface area contributed by atoms with Gasteiger partial charge in [0.05, 0.1) is 13.2 Å². The van der Waals surface area contributed by atoms with Gasteiger partial charge >= 0.3 is 5.97 Å². The fourth-order valence-corrected chi connectivity index (χ4v) is 2.96. The third kappa shape index (κ3) is 9.16. The molecule has 2 atom stereocenters. The monoisotopic (exact) mass is 581 g/mol. The van der Waals surface area contributed by atoms with E-state index >= 15 is 0 Å². The SMILES string of the molecule is CCCC(I)(I)I.COC(=O)[C@H]1NCC[C@@H]1O. The van der Waals surface area contributed by atoms with Crippen molar-refractivity contribution in [3.8, 4) is 0 Å². The summed E-state index contributed by atoms with van der Waals surface area (Å²) in [5.74, 6) is -0.384. The van der Waals surface area contributed by atoms with Crippen LogP contribution in [0.5, 0.6) is 0 Å². The van der Waals surface area contributed by atoms with Gasteiger partial charge in [-0.25, -0.2) is 0 Å². The summed E-state index contributed by atoms with van der Waals surface area (Å²) in [4.78, 5) is 10.8. The largest absolute Gasteiger partial charge is 0.468 e. The first-order valence-electron chi connectivity index (χ1n) is 5.37. The van der Waals surface area contributed by atoms with E-state index in [2.05, 4.69) is 84.8 Å². The van der Waals surface area contributed by atoms with Crippen LogP contribution < -0.4 is 5.32 Å². The summed E-state index contributed by atoms with van der Waals surface area (Å²) in [5.41, 5.74) is 0. The lowest BCUT2D eigenvalue weighted by Gasteiger charge is -2.10. The summed E-state index contributed by atoms with van der Waals surface area (Å²) in [5, 5.41) is 12.0. The quantitative estimate of drug-likeness (QED) is 0.306. The van der Waals surface area contributed by atoms with Crippen LogP contribution in [0.2, 0.25) is 0 Å². The molecule has 0 saturated carbocycles. The lowest BCUT2D eigenvalue weighted by Crippen LogP contribution is -2.39. The average Bonchev–Trinajstić information content (AvgIpc) is 2.62. The van der Waals surface area contributed by atoms with Gasteiger partial charge in [0.2, 0.25) is 0 Å². The van der Waals surface area contributed by atoms with Crippen molar-refractivity contribution >= 4 is 73.7 Å². The van der Waals surface area contributed by atoms with Crippen LogP contribution in [0.1, 0.15) is 26.2 Å². The van der Waals surface area contributed by atoms with Crippen LogP contribution in [0.25, 0.3) is 0 Å². The van der Waals surface area contributed by atoms with E-state index in [1.54, 1.807) is 0 Å². The Morgan fingerprint density at radius 3 is 2.35 bits per heavy atom. The Morgan fingerprint density at radius 1 is 1.53 bits per heavy atom. The highest BCUT2D eigenvalue weighted by Crippen LogP contribution is 2.39. The van der Waals surface area contributed by atoms with Gasteiger partial charge in [-0.05, 0) is 19.4 Å². The summed E-state index contributed by atoms with van der Waals surface area (Å²) in [6.07, 6.45) is 2.64. The first kappa shape index (κ1) is 18.6. The number of carbonyl (C=O) groups excluding carboxylic acids is 1. The number of hydrogen-bond donors (Lipinski definition) is 2. The molecule has 1 rings (SSSR count). The second-order valence-electron chi connectivity index (χ2n) is 3.68. The fraction of sp³-hybridized carbons (Fsp3) is 0.900. The number of alkyl halides is 3. The lowest BCUT2D eigenvalue weighted by atomic mass is 10.2. The highest BCUT2D eigenvalue weighted by atomic mass is 127. The van der Waals surface area contributed by atoms with Gasteiger partial charge in [-0.1, -0.05) is 81.1 Å². The molecule has 0 amide bonds. The molecule has 0 aromatic rings. The first-order valence-corrected chi connectivity index (χ1v) is 8.61. The molecule has 0 aromatic heterocycles. The molecule has 102 valence electrons. The molecular formula is C10H18I3NO3. The third-order valence-corrected chi connectivity index (χ3v) is 3.80. The molecule has 17 heavy (non-hydrogen) atoms. The molecule has 7 heteroatoms. The minimum absolute atomic E-state index is 0.384. The Bertz CT molecular complexity index is 233. The van der Waals surface area contributed by atoms with Crippen molar-refractivity contribution in [2.24, 2.45) is 0 Å². The molecule has 4 nitrogen and oxygen atoms in total. The van der Waals surface area contributed by atoms with Crippen LogP contribution in [0, 0.1) is 0 Å². The summed E-state index contributed by atoms with van der Waals surface area (Å²) < 4.78 is 4.90. The predicted molar refractivity (Wildman–Crippen MR) is 94.1 cm³/mol. The van der Waals surface area contributed by atoms with Gasteiger partial charge in [0.25, 0.3) is 0 Å². The molecule has 1 fully saturated rings. The van der Waals surface area contributed by atoms with Crippen LogP contribution in [-0.2, 0) is 9.53 Å². The molecule has 1 aliphatic heterocycles. The molecule has 0 spiro atoms. The second kappa shape index (κ2) is 9.48. The van der Waals surface area contributed by atoms with Gasteiger partial charge in [0.1, 0.15) is 5.48 Å². The van der Waals surface area contributed by atoms with Crippen molar-refractivity contribution in [3.05, 3.63) is 0 Å². The Balaban J connectivity index is 0.000000325. The maximum atomic E-state index is 10.8. The number of carbonyl (C=O) groups is 1. The Hall–Kier alpha value is 1.58. The third-order valence-electron chi connectivity index (χ3n) is 2.18. The van der Waals surface area contributed by atoms with Crippen LogP contribution >= 0.6 is 67.8 Å². The molecule has 0 unspecified atom stereocenters. The molecule has 1 heterocycles. The molecule has 0 aromatic carbocycles. The first-order chi connectivity index (χ1) is 7.81. The number of aliphatic hydroxyl groups is 1. The number of methoxy groups -OCH3 is 1. The fourth-order valence-electron chi connectivity index (χ4n) is 1.34. The molecular weight excluding hydrogens is 563 g/mol. The number of esters is 1. The summed E-state index contributed by atoms with van der Waals surface area (Å²) in [7, 11) is 1.31. The van der Waals surface area contributed by atoms with Crippen LogP contribution in [-0.4, -0.2) is 36.3 Å². The normalized spacial score (nSPS) is 23.9. The van der Waals surface area contributed by atoms with Crippen LogP contribution in [0.15, 0.2) is 0 Å². The van der Waals surface area contributed by atoms with E-state index in [1.807, 2.05) is 0 Å². The summed E-state index contributed by atoms with van der Waals surface area (Å²) >= 11 is 7.35. The number of rotatable bonds is 3. The van der Waals surface area contributed by atoms with Crippen LogP contribution in [0.4, 0.5) is 0 Å². The zero-order chi connectivity index (χ0) is 13.5. The maximum absolute atomic E-state index is 10.8. The van der Waals surface area contributed by atoms with Gasteiger partial charge < -0.3 is 15.2 Å². The Labute approximate surface area is 143 Å². The van der Waals surface area contributed by atoms with E-state index in [-0.39, 0.29) is 5.97 Å². The molecule has 1 saturated heterocycles. The zero-order valence-corrected chi connectivity index (χ0v) is 16.4. The Kier molecular flexibility index (Phi) is 10.4. The highest BCUT2D eigenvalue weighted by molar-refractivity contribution is 14.3. The number of aliphatic hydroxyl groups excluding tert-OH is 1. The molecule has 2 N–H and O–H groups in total. The smallest absolute Gasteiger partial charge is 0.325 e. The van der Waals surface area contributed by atoms with E-state index in [9.17, 15) is 4.79 Å². The number of hydrogen-bond acceptors (Lipinski definition) is 4. The van der Waals surface area contributed by atoms with Gasteiger partial charge in [-0.3, -0.25) is 4.79 Å². The molecule has 0 radical (unpaired) electrons. The lowest BCUT2D eigenvalue weighted by molar-refractivity contribution is -0.144. The molecule has 0 bridgehead atoms. The highest BCUT2D eigenvalue weighted by Gasteiger charge is 2.31. The maximum Gasteiger partial charge on any atom is 0.325 e. The molecule has 0 aliphatic carbocycles. The number of nitrogens with one attached hydrogen (secondary N) is 1. The van der Waals surface area contributed by atoms with Crippen molar-refractivity contribution in [1.82, 2.24) is 5.32 Å². The minimum atomic E-state index is -0.576. The van der Waals surface area contributed by atoms with Gasteiger partial charge in [0, 0.05) is 0 Å². The van der Waals surface area contributed by atoms with Crippen molar-refractivity contribution in [2.45, 2.75) is 37.8 Å². The topological polar surface area (TPSA) is 58.6 Å². The summed E-state index contributed by atoms with van der Waals surface area (Å²) in [6, 6.07) is -0.509.